The number of benzene rings is 1. The fraction of sp³-hybridized carbons (Fsp3) is 0.0833. The Morgan fingerprint density at radius 2 is 2.26 bits per heavy atom. The molecule has 0 atom stereocenters. The number of hydrogen-bond donors (Lipinski definition) is 4. The summed E-state index contributed by atoms with van der Waals surface area (Å²) in [5.41, 5.74) is 7.19. The van der Waals surface area contributed by atoms with Crippen LogP contribution in [-0.4, -0.2) is 26.9 Å². The fourth-order valence-corrected chi connectivity index (χ4v) is 1.54. The quantitative estimate of drug-likeness (QED) is 0.276. The first kappa shape index (κ1) is 12.6. The van der Waals surface area contributed by atoms with Gasteiger partial charge in [-0.15, -0.1) is 0 Å². The molecule has 1 heterocycles. The van der Waals surface area contributed by atoms with E-state index in [1.165, 1.54) is 0 Å². The number of amides is 1. The van der Waals surface area contributed by atoms with Gasteiger partial charge >= 0.3 is 0 Å². The largest absolute Gasteiger partial charge is 0.409 e. The van der Waals surface area contributed by atoms with Crippen LogP contribution in [0.1, 0.15) is 21.6 Å². The molecule has 98 valence electrons. The van der Waals surface area contributed by atoms with Gasteiger partial charge in [-0.2, -0.15) is 0 Å². The minimum Gasteiger partial charge on any atom is -0.409 e. The highest BCUT2D eigenvalue weighted by Gasteiger charge is 2.08. The lowest BCUT2D eigenvalue weighted by Gasteiger charge is -2.05. The Morgan fingerprint density at radius 3 is 2.95 bits per heavy atom. The molecular weight excluding hydrogens is 246 g/mol. The molecule has 1 aromatic heterocycles. The summed E-state index contributed by atoms with van der Waals surface area (Å²) in [5.74, 6) is -0.287. The van der Waals surface area contributed by atoms with Crippen LogP contribution >= 0.6 is 0 Å². The van der Waals surface area contributed by atoms with Crippen molar-refractivity contribution in [2.24, 2.45) is 10.9 Å². The monoisotopic (exact) mass is 259 g/mol. The lowest BCUT2D eigenvalue weighted by Crippen LogP contribution is -2.23. The standard InChI is InChI=1S/C12H13N5O2/c13-11(17-19)8-2-1-3-9(4-8)12(18)15-6-10-5-14-7-16-10/h1-5,7,19H,6H2,(H2,13,17)(H,14,16)(H,15,18). The average Bonchev–Trinajstić information content (AvgIpc) is 2.97. The molecule has 0 saturated heterocycles. The maximum atomic E-state index is 11.9. The van der Waals surface area contributed by atoms with Gasteiger partial charge in [0.2, 0.25) is 0 Å². The van der Waals surface area contributed by atoms with E-state index in [1.54, 1.807) is 36.8 Å². The van der Waals surface area contributed by atoms with Crippen molar-refractivity contribution < 1.29 is 10.0 Å². The fourth-order valence-electron chi connectivity index (χ4n) is 1.54. The number of carbonyl (C=O) groups excluding carboxylic acids is 1. The highest BCUT2D eigenvalue weighted by molar-refractivity contribution is 6.01. The number of aromatic nitrogens is 2. The highest BCUT2D eigenvalue weighted by atomic mass is 16.4. The van der Waals surface area contributed by atoms with Crippen LogP contribution in [0.3, 0.4) is 0 Å². The Kier molecular flexibility index (Phi) is 3.77. The van der Waals surface area contributed by atoms with Crippen LogP contribution < -0.4 is 11.1 Å². The van der Waals surface area contributed by atoms with E-state index in [0.29, 0.717) is 17.7 Å². The molecule has 0 radical (unpaired) electrons. The molecule has 7 nitrogen and oxygen atoms in total. The highest BCUT2D eigenvalue weighted by Crippen LogP contribution is 2.05. The molecular formula is C12H13N5O2. The Morgan fingerprint density at radius 1 is 1.47 bits per heavy atom. The van der Waals surface area contributed by atoms with Crippen molar-refractivity contribution >= 4 is 11.7 Å². The molecule has 0 fully saturated rings. The summed E-state index contributed by atoms with van der Waals surface area (Å²) < 4.78 is 0. The molecule has 7 heteroatoms. The number of rotatable bonds is 4. The third-order valence-corrected chi connectivity index (χ3v) is 2.52. The number of amidine groups is 1. The first-order valence-corrected chi connectivity index (χ1v) is 5.54. The zero-order valence-electron chi connectivity index (χ0n) is 10.00. The van der Waals surface area contributed by atoms with Gasteiger partial charge in [0.05, 0.1) is 18.6 Å². The van der Waals surface area contributed by atoms with Crippen LogP contribution in [0.4, 0.5) is 0 Å². The van der Waals surface area contributed by atoms with Crippen molar-refractivity contribution in [1.29, 1.82) is 0 Å². The van der Waals surface area contributed by atoms with Gasteiger partial charge in [0.15, 0.2) is 5.84 Å². The second-order valence-electron chi connectivity index (χ2n) is 3.83. The zero-order chi connectivity index (χ0) is 13.7. The normalized spacial score (nSPS) is 11.3. The van der Waals surface area contributed by atoms with E-state index in [2.05, 4.69) is 20.4 Å². The van der Waals surface area contributed by atoms with Gasteiger partial charge in [0.25, 0.3) is 5.91 Å². The van der Waals surface area contributed by atoms with Crippen LogP contribution in [0.25, 0.3) is 0 Å². The third-order valence-electron chi connectivity index (χ3n) is 2.52. The number of oxime groups is 1. The van der Waals surface area contributed by atoms with Gasteiger partial charge in [-0.25, -0.2) is 4.98 Å². The molecule has 5 N–H and O–H groups in total. The van der Waals surface area contributed by atoms with Gasteiger partial charge in [0.1, 0.15) is 0 Å². The van der Waals surface area contributed by atoms with E-state index in [-0.39, 0.29) is 11.7 Å². The van der Waals surface area contributed by atoms with Gasteiger partial charge < -0.3 is 21.2 Å². The maximum Gasteiger partial charge on any atom is 0.251 e. The lowest BCUT2D eigenvalue weighted by molar-refractivity contribution is 0.0950. The predicted molar refractivity (Wildman–Crippen MR) is 68.7 cm³/mol. The van der Waals surface area contributed by atoms with Gasteiger partial charge in [-0.1, -0.05) is 17.3 Å². The Labute approximate surface area is 109 Å². The molecule has 1 amide bonds. The molecule has 0 bridgehead atoms. The van der Waals surface area contributed by atoms with Crippen molar-refractivity contribution in [1.82, 2.24) is 15.3 Å². The second kappa shape index (κ2) is 5.67. The van der Waals surface area contributed by atoms with Crippen molar-refractivity contribution in [3.63, 3.8) is 0 Å². The molecule has 19 heavy (non-hydrogen) atoms. The number of imidazole rings is 1. The van der Waals surface area contributed by atoms with Crippen LogP contribution in [0.2, 0.25) is 0 Å². The molecule has 0 aliphatic heterocycles. The number of nitrogens with one attached hydrogen (secondary N) is 2. The Balaban J connectivity index is 2.07. The number of hydrogen-bond acceptors (Lipinski definition) is 4. The average molecular weight is 259 g/mol. The Hall–Kier alpha value is -2.83. The number of carbonyl (C=O) groups is 1. The van der Waals surface area contributed by atoms with Gasteiger partial charge in [-0.3, -0.25) is 4.79 Å². The Bertz CT molecular complexity index is 592. The summed E-state index contributed by atoms with van der Waals surface area (Å²) in [4.78, 5) is 18.7. The minimum atomic E-state index is -0.248. The van der Waals surface area contributed by atoms with E-state index in [9.17, 15) is 4.79 Å². The minimum absolute atomic E-state index is 0.0387. The molecule has 0 aliphatic rings. The lowest BCUT2D eigenvalue weighted by atomic mass is 10.1. The molecule has 2 aromatic rings. The van der Waals surface area contributed by atoms with Gasteiger partial charge in [0, 0.05) is 17.3 Å². The van der Waals surface area contributed by atoms with Crippen LogP contribution in [0.5, 0.6) is 0 Å². The van der Waals surface area contributed by atoms with Gasteiger partial charge in [-0.05, 0) is 12.1 Å². The summed E-state index contributed by atoms with van der Waals surface area (Å²) in [6.45, 7) is 0.354. The summed E-state index contributed by atoms with van der Waals surface area (Å²) in [6, 6.07) is 6.52. The van der Waals surface area contributed by atoms with Crippen molar-refractivity contribution in [3.8, 4) is 0 Å². The second-order valence-corrected chi connectivity index (χ2v) is 3.83. The maximum absolute atomic E-state index is 11.9. The van der Waals surface area contributed by atoms with E-state index >= 15 is 0 Å². The van der Waals surface area contributed by atoms with Crippen molar-refractivity contribution in [2.45, 2.75) is 6.54 Å². The van der Waals surface area contributed by atoms with E-state index < -0.39 is 0 Å². The molecule has 2 rings (SSSR count). The van der Waals surface area contributed by atoms with Crippen LogP contribution in [0, 0.1) is 0 Å². The SMILES string of the molecule is NC(=NO)c1cccc(C(=O)NCc2cnc[nH]2)c1. The number of nitrogens with two attached hydrogens (primary N) is 1. The topological polar surface area (TPSA) is 116 Å². The smallest absolute Gasteiger partial charge is 0.251 e. The van der Waals surface area contributed by atoms with Crippen LogP contribution in [-0.2, 0) is 6.54 Å². The van der Waals surface area contributed by atoms with E-state index in [0.717, 1.165) is 5.69 Å². The molecule has 0 spiro atoms. The summed E-state index contributed by atoms with van der Waals surface area (Å²) >= 11 is 0. The number of H-pyrrole nitrogens is 1. The number of aromatic amines is 1. The van der Waals surface area contributed by atoms with Crippen LogP contribution in [0.15, 0.2) is 41.9 Å². The van der Waals surface area contributed by atoms with Crippen molar-refractivity contribution in [2.75, 3.05) is 0 Å². The first-order chi connectivity index (χ1) is 9.20. The first-order valence-electron chi connectivity index (χ1n) is 5.54. The molecule has 0 saturated carbocycles. The zero-order valence-corrected chi connectivity index (χ0v) is 10.00. The molecule has 0 unspecified atom stereocenters. The van der Waals surface area contributed by atoms with E-state index in [4.69, 9.17) is 10.9 Å². The number of nitrogens with zero attached hydrogens (tertiary/aromatic N) is 2. The molecule has 1 aromatic carbocycles. The summed E-state index contributed by atoms with van der Waals surface area (Å²) in [7, 11) is 0. The molecule has 0 aliphatic carbocycles. The van der Waals surface area contributed by atoms with E-state index in [1.807, 2.05) is 0 Å². The van der Waals surface area contributed by atoms with Crippen molar-refractivity contribution in [3.05, 3.63) is 53.6 Å². The summed E-state index contributed by atoms with van der Waals surface area (Å²) in [6.07, 6.45) is 3.17. The predicted octanol–water partition coefficient (Wildman–Crippen LogP) is 0.434. The summed E-state index contributed by atoms with van der Waals surface area (Å²) in [5, 5.41) is 14.2. The third kappa shape index (κ3) is 3.09.